The van der Waals surface area contributed by atoms with Gasteiger partial charge in [0.05, 0.1) is 29.2 Å². The molecule has 154 valence electrons. The van der Waals surface area contributed by atoms with Gasteiger partial charge >= 0.3 is 0 Å². The summed E-state index contributed by atoms with van der Waals surface area (Å²) in [7, 11) is 0. The quantitative estimate of drug-likeness (QED) is 0.591. The highest BCUT2D eigenvalue weighted by atomic mass is 35.5. The molecule has 0 radical (unpaired) electrons. The van der Waals surface area contributed by atoms with Crippen LogP contribution >= 0.6 is 11.6 Å². The minimum atomic E-state index is -0.0906. The van der Waals surface area contributed by atoms with Gasteiger partial charge in [0.25, 0.3) is 5.56 Å². The molecule has 3 fully saturated rings. The number of hydrogen-bond acceptors (Lipinski definition) is 5. The molecule has 4 aliphatic rings. The molecule has 5 heterocycles. The van der Waals surface area contributed by atoms with Crippen LogP contribution in [0.15, 0.2) is 47.3 Å². The fourth-order valence-corrected chi connectivity index (χ4v) is 5.45. The number of aromatic nitrogens is 1. The van der Waals surface area contributed by atoms with Crippen molar-refractivity contribution in [2.75, 3.05) is 41.8 Å². The summed E-state index contributed by atoms with van der Waals surface area (Å²) in [6.45, 7) is 3.94. The molecule has 0 unspecified atom stereocenters. The number of nitrogens with zero attached hydrogens (tertiary/aromatic N) is 2. The molecule has 30 heavy (non-hydrogen) atoms. The molecular formula is C23H24ClN5O. The summed E-state index contributed by atoms with van der Waals surface area (Å²) >= 11 is 6.38. The third-order valence-corrected chi connectivity index (χ3v) is 7.06. The first-order valence-electron chi connectivity index (χ1n) is 10.6. The highest BCUT2D eigenvalue weighted by Crippen LogP contribution is 2.42. The molecule has 3 aromatic rings. The Morgan fingerprint density at radius 3 is 2.73 bits per heavy atom. The van der Waals surface area contributed by atoms with Crippen molar-refractivity contribution in [1.82, 2.24) is 9.88 Å². The van der Waals surface area contributed by atoms with E-state index in [9.17, 15) is 4.79 Å². The highest BCUT2D eigenvalue weighted by Gasteiger charge is 2.35. The smallest absolute Gasteiger partial charge is 0.274 e. The van der Waals surface area contributed by atoms with Crippen LogP contribution in [0.4, 0.5) is 22.7 Å². The summed E-state index contributed by atoms with van der Waals surface area (Å²) in [6.07, 6.45) is 2.42. The number of para-hydroxylation sites is 2. The molecule has 3 saturated heterocycles. The lowest BCUT2D eigenvalue weighted by molar-refractivity contribution is 0.0976. The van der Waals surface area contributed by atoms with Crippen LogP contribution in [0.5, 0.6) is 0 Å². The third-order valence-electron chi connectivity index (χ3n) is 6.83. The zero-order chi connectivity index (χ0) is 20.2. The van der Waals surface area contributed by atoms with E-state index in [1.807, 2.05) is 36.4 Å². The van der Waals surface area contributed by atoms with Gasteiger partial charge in [0.2, 0.25) is 0 Å². The Labute approximate surface area is 179 Å². The number of H-pyrrole nitrogens is 1. The number of halogens is 1. The van der Waals surface area contributed by atoms with E-state index in [4.69, 9.17) is 11.6 Å². The average Bonchev–Trinajstić information content (AvgIpc) is 3.19. The van der Waals surface area contributed by atoms with Crippen LogP contribution in [-0.4, -0.2) is 42.2 Å². The van der Waals surface area contributed by atoms with Crippen LogP contribution < -0.4 is 21.1 Å². The standard InChI is InChI=1S/C23H24ClN5O/c24-15-5-6-17-16(11-15)21(26-19-12-28-9-7-14(19)8-10-28)22(23(30)27-17)29-13-25-18-3-1-2-4-20(18)29/h1-6,11,14,19,25H,7-10,12-13H2,(H2,26,27,30)/t19-/m0/s1. The number of aromatic amines is 1. The van der Waals surface area contributed by atoms with Gasteiger partial charge in [-0.05, 0) is 62.2 Å². The number of benzene rings is 2. The van der Waals surface area contributed by atoms with E-state index in [1.165, 1.54) is 25.9 Å². The van der Waals surface area contributed by atoms with Gasteiger partial charge in [-0.15, -0.1) is 0 Å². The monoisotopic (exact) mass is 421 g/mol. The fraction of sp³-hybridized carbons (Fsp3) is 0.348. The molecule has 7 rings (SSSR count). The second-order valence-electron chi connectivity index (χ2n) is 8.54. The largest absolute Gasteiger partial charge is 0.378 e. The number of fused-ring (bicyclic) bond motifs is 5. The minimum absolute atomic E-state index is 0.0906. The van der Waals surface area contributed by atoms with E-state index >= 15 is 0 Å². The summed E-state index contributed by atoms with van der Waals surface area (Å²) in [4.78, 5) is 21.0. The molecule has 2 bridgehead atoms. The lowest BCUT2D eigenvalue weighted by Gasteiger charge is -2.45. The minimum Gasteiger partial charge on any atom is -0.378 e. The van der Waals surface area contributed by atoms with E-state index in [-0.39, 0.29) is 5.56 Å². The average molecular weight is 422 g/mol. The normalized spacial score (nSPS) is 24.7. The SMILES string of the molecule is O=c1[nH]c2ccc(Cl)cc2c(N[C@H]2CN3CCC2CC3)c1N1CNc2ccccc21. The zero-order valence-corrected chi connectivity index (χ0v) is 17.4. The van der Waals surface area contributed by atoms with E-state index in [2.05, 4.69) is 31.5 Å². The summed E-state index contributed by atoms with van der Waals surface area (Å²) in [5.74, 6) is 0.639. The molecule has 6 nitrogen and oxygen atoms in total. The van der Waals surface area contributed by atoms with Crippen molar-refractivity contribution < 1.29 is 0 Å². The van der Waals surface area contributed by atoms with Crippen molar-refractivity contribution in [3.8, 4) is 0 Å². The molecule has 3 N–H and O–H groups in total. The van der Waals surface area contributed by atoms with Gasteiger partial charge in [-0.1, -0.05) is 23.7 Å². The molecule has 7 heteroatoms. The predicted octanol–water partition coefficient (Wildman–Crippen LogP) is 4.21. The number of piperidine rings is 3. The van der Waals surface area contributed by atoms with Crippen molar-refractivity contribution in [2.45, 2.75) is 18.9 Å². The number of hydrogen-bond donors (Lipinski definition) is 3. The van der Waals surface area contributed by atoms with Crippen molar-refractivity contribution in [1.29, 1.82) is 0 Å². The van der Waals surface area contributed by atoms with Crippen LogP contribution in [0.2, 0.25) is 5.02 Å². The third kappa shape index (κ3) is 2.86. The Bertz CT molecular complexity index is 1180. The van der Waals surface area contributed by atoms with Gasteiger partial charge in [-0.25, -0.2) is 0 Å². The molecule has 2 aromatic carbocycles. The van der Waals surface area contributed by atoms with E-state index in [1.54, 1.807) is 0 Å². The Balaban J connectivity index is 1.53. The molecule has 0 amide bonds. The maximum absolute atomic E-state index is 13.3. The Hall–Kier alpha value is -2.70. The Kier molecular flexibility index (Phi) is 4.18. The van der Waals surface area contributed by atoms with Gasteiger partial charge in [0, 0.05) is 23.0 Å². The summed E-state index contributed by atoms with van der Waals surface area (Å²) in [5.41, 5.74) is 4.30. The first kappa shape index (κ1) is 18.1. The Morgan fingerprint density at radius 2 is 1.93 bits per heavy atom. The first-order chi connectivity index (χ1) is 14.7. The lowest BCUT2D eigenvalue weighted by Crippen LogP contribution is -2.53. The number of pyridine rings is 1. The molecule has 1 aromatic heterocycles. The molecule has 0 aliphatic carbocycles. The maximum atomic E-state index is 13.3. The van der Waals surface area contributed by atoms with Crippen LogP contribution in [0.25, 0.3) is 10.9 Å². The molecular weight excluding hydrogens is 398 g/mol. The molecule has 1 atom stereocenters. The maximum Gasteiger partial charge on any atom is 0.274 e. The summed E-state index contributed by atoms with van der Waals surface area (Å²) < 4.78 is 0. The van der Waals surface area contributed by atoms with Gasteiger partial charge in [0.15, 0.2) is 0 Å². The second kappa shape index (κ2) is 6.93. The van der Waals surface area contributed by atoms with Gasteiger partial charge in [-0.2, -0.15) is 0 Å². The van der Waals surface area contributed by atoms with Crippen molar-refractivity contribution in [2.24, 2.45) is 5.92 Å². The summed E-state index contributed by atoms with van der Waals surface area (Å²) in [5, 5.41) is 8.83. The summed E-state index contributed by atoms with van der Waals surface area (Å²) in [6, 6.07) is 14.1. The van der Waals surface area contributed by atoms with Gasteiger partial charge in [-0.3, -0.25) is 4.79 Å². The molecule has 0 spiro atoms. The molecule has 4 aliphatic heterocycles. The number of anilines is 4. The number of nitrogens with one attached hydrogen (secondary N) is 3. The fourth-order valence-electron chi connectivity index (χ4n) is 5.28. The first-order valence-corrected chi connectivity index (χ1v) is 11.0. The predicted molar refractivity (Wildman–Crippen MR) is 123 cm³/mol. The van der Waals surface area contributed by atoms with Crippen molar-refractivity contribution >= 4 is 45.3 Å². The van der Waals surface area contributed by atoms with Crippen LogP contribution in [-0.2, 0) is 0 Å². The second-order valence-corrected chi connectivity index (χ2v) is 8.97. The van der Waals surface area contributed by atoms with Crippen LogP contribution in [0, 0.1) is 5.92 Å². The number of rotatable bonds is 3. The Morgan fingerprint density at radius 1 is 1.10 bits per heavy atom. The van der Waals surface area contributed by atoms with Crippen molar-refractivity contribution in [3.63, 3.8) is 0 Å². The zero-order valence-electron chi connectivity index (χ0n) is 16.6. The molecule has 0 saturated carbocycles. The van der Waals surface area contributed by atoms with Gasteiger partial charge in [0.1, 0.15) is 5.69 Å². The van der Waals surface area contributed by atoms with E-state index in [0.717, 1.165) is 34.5 Å². The van der Waals surface area contributed by atoms with E-state index in [0.29, 0.717) is 29.3 Å². The van der Waals surface area contributed by atoms with Gasteiger partial charge < -0.3 is 25.4 Å². The van der Waals surface area contributed by atoms with E-state index < -0.39 is 0 Å². The van der Waals surface area contributed by atoms with Crippen molar-refractivity contribution in [3.05, 3.63) is 57.8 Å². The topological polar surface area (TPSA) is 63.4 Å². The van der Waals surface area contributed by atoms with Crippen LogP contribution in [0.1, 0.15) is 12.8 Å². The lowest BCUT2D eigenvalue weighted by atomic mass is 9.84. The highest BCUT2D eigenvalue weighted by molar-refractivity contribution is 6.31. The van der Waals surface area contributed by atoms with Crippen LogP contribution in [0.3, 0.4) is 0 Å².